The number of hydrogen-bond acceptors (Lipinski definition) is 2. The molecule has 2 rings (SSSR count). The van der Waals surface area contributed by atoms with Crippen molar-refractivity contribution in [2.75, 3.05) is 0 Å². The van der Waals surface area contributed by atoms with Crippen LogP contribution in [-0.2, 0) is 6.42 Å². The van der Waals surface area contributed by atoms with Gasteiger partial charge in [0.05, 0.1) is 6.04 Å². The number of pyridine rings is 1. The number of nitrogens with two attached hydrogens (primary N) is 1. The number of benzene rings is 1. The van der Waals surface area contributed by atoms with E-state index in [1.807, 2.05) is 24.3 Å². The van der Waals surface area contributed by atoms with Crippen LogP contribution < -0.4 is 5.73 Å². The van der Waals surface area contributed by atoms with E-state index in [0.29, 0.717) is 0 Å². The largest absolute Gasteiger partial charge is 0.323 e. The fourth-order valence-corrected chi connectivity index (χ4v) is 1.71. The van der Waals surface area contributed by atoms with Crippen LogP contribution in [0.1, 0.15) is 5.56 Å². The average Bonchev–Trinajstić information content (AvgIpc) is 2.29. The highest BCUT2D eigenvalue weighted by Crippen LogP contribution is 2.19. The van der Waals surface area contributed by atoms with Crippen molar-refractivity contribution in [1.29, 1.82) is 0 Å². The molecule has 0 aliphatic rings. The Hall–Kier alpha value is -1.55. The molecule has 0 bridgehead atoms. The van der Waals surface area contributed by atoms with E-state index in [1.54, 1.807) is 12.4 Å². The number of hydrogen-bond donors (Lipinski definition) is 1. The van der Waals surface area contributed by atoms with E-state index in [-0.39, 0.29) is 6.42 Å². The van der Waals surface area contributed by atoms with Crippen LogP contribution in [0, 0.1) is 0 Å². The number of nitrogens with zero attached hydrogens (tertiary/aromatic N) is 1. The van der Waals surface area contributed by atoms with Gasteiger partial charge in [-0.15, -0.1) is 0 Å². The summed E-state index contributed by atoms with van der Waals surface area (Å²) in [5.74, 6) is 0. The van der Waals surface area contributed by atoms with E-state index in [9.17, 15) is 8.78 Å². The van der Waals surface area contributed by atoms with Gasteiger partial charge >= 0.3 is 0 Å². The summed E-state index contributed by atoms with van der Waals surface area (Å²) >= 11 is 0. The fraction of sp³-hybridized carbons (Fsp3) is 0.250. The smallest absolute Gasteiger partial charge is 0.253 e. The van der Waals surface area contributed by atoms with Gasteiger partial charge in [0, 0.05) is 17.8 Å². The van der Waals surface area contributed by atoms with Crippen molar-refractivity contribution >= 4 is 10.8 Å². The molecule has 0 spiro atoms. The topological polar surface area (TPSA) is 38.9 Å². The minimum Gasteiger partial charge on any atom is -0.323 e. The lowest BCUT2D eigenvalue weighted by Crippen LogP contribution is -2.30. The summed E-state index contributed by atoms with van der Waals surface area (Å²) in [6, 6.07) is 6.27. The second-order valence-electron chi connectivity index (χ2n) is 3.72. The van der Waals surface area contributed by atoms with Crippen molar-refractivity contribution in [3.8, 4) is 0 Å². The summed E-state index contributed by atoms with van der Waals surface area (Å²) in [5.41, 5.74) is 6.21. The van der Waals surface area contributed by atoms with Crippen LogP contribution in [-0.4, -0.2) is 17.5 Å². The van der Waals surface area contributed by atoms with Crippen LogP contribution in [0.25, 0.3) is 10.8 Å². The molecule has 1 unspecified atom stereocenters. The molecule has 4 heteroatoms. The maximum absolute atomic E-state index is 12.4. The maximum Gasteiger partial charge on any atom is 0.253 e. The molecule has 1 aromatic heterocycles. The Labute approximate surface area is 92.1 Å². The first-order valence-electron chi connectivity index (χ1n) is 5.04. The maximum atomic E-state index is 12.4. The zero-order valence-corrected chi connectivity index (χ0v) is 8.61. The molecule has 0 aliphatic carbocycles. The normalized spacial score (nSPS) is 13.2. The average molecular weight is 222 g/mol. The molecule has 0 radical (unpaired) electrons. The number of aromatic nitrogens is 1. The molecule has 2 N–H and O–H groups in total. The third-order valence-electron chi connectivity index (χ3n) is 2.55. The molecule has 0 saturated carbocycles. The van der Waals surface area contributed by atoms with Crippen molar-refractivity contribution in [2.24, 2.45) is 5.73 Å². The quantitative estimate of drug-likeness (QED) is 0.865. The summed E-state index contributed by atoms with van der Waals surface area (Å²) in [5, 5.41) is 1.88. The molecule has 1 atom stereocenters. The Kier molecular flexibility index (Phi) is 3.10. The lowest BCUT2D eigenvalue weighted by Gasteiger charge is -2.12. The van der Waals surface area contributed by atoms with Gasteiger partial charge in [0.1, 0.15) is 0 Å². The Bertz CT molecular complexity index is 480. The lowest BCUT2D eigenvalue weighted by atomic mass is 10.0. The molecule has 0 saturated heterocycles. The first kappa shape index (κ1) is 11.0. The lowest BCUT2D eigenvalue weighted by molar-refractivity contribution is 0.116. The molecule has 1 aromatic carbocycles. The Balaban J connectivity index is 2.37. The molecule has 2 aromatic rings. The van der Waals surface area contributed by atoms with Crippen LogP contribution in [0.4, 0.5) is 8.78 Å². The van der Waals surface area contributed by atoms with Crippen LogP contribution in [0.2, 0.25) is 0 Å². The van der Waals surface area contributed by atoms with Crippen molar-refractivity contribution in [3.63, 3.8) is 0 Å². The van der Waals surface area contributed by atoms with Crippen LogP contribution >= 0.6 is 0 Å². The molecule has 0 fully saturated rings. The first-order chi connectivity index (χ1) is 7.68. The van der Waals surface area contributed by atoms with Gasteiger partial charge in [0.25, 0.3) is 6.43 Å². The third-order valence-corrected chi connectivity index (χ3v) is 2.55. The predicted molar refractivity (Wildman–Crippen MR) is 59.4 cm³/mol. The fourth-order valence-electron chi connectivity index (χ4n) is 1.71. The summed E-state index contributed by atoms with van der Waals surface area (Å²) in [7, 11) is 0. The number of rotatable bonds is 3. The molecule has 0 amide bonds. The summed E-state index contributed by atoms with van der Waals surface area (Å²) in [6.07, 6.45) is 1.06. The highest BCUT2D eigenvalue weighted by molar-refractivity contribution is 5.84. The Morgan fingerprint density at radius 3 is 2.81 bits per heavy atom. The van der Waals surface area contributed by atoms with Crippen molar-refractivity contribution in [1.82, 2.24) is 4.98 Å². The summed E-state index contributed by atoms with van der Waals surface area (Å²) in [6.45, 7) is 0. The molecular weight excluding hydrogens is 210 g/mol. The van der Waals surface area contributed by atoms with E-state index < -0.39 is 12.5 Å². The van der Waals surface area contributed by atoms with Gasteiger partial charge in [0.2, 0.25) is 0 Å². The SMILES string of the molecule is NC(Cc1cccc2cnccc12)C(F)F. The van der Waals surface area contributed by atoms with Gasteiger partial charge in [0.15, 0.2) is 0 Å². The van der Waals surface area contributed by atoms with Crippen LogP contribution in [0.15, 0.2) is 36.7 Å². The van der Waals surface area contributed by atoms with E-state index in [0.717, 1.165) is 16.3 Å². The number of alkyl halides is 2. The van der Waals surface area contributed by atoms with E-state index >= 15 is 0 Å². The minimum atomic E-state index is -2.49. The monoisotopic (exact) mass is 222 g/mol. The molecule has 84 valence electrons. The van der Waals surface area contributed by atoms with E-state index in [2.05, 4.69) is 4.98 Å². The van der Waals surface area contributed by atoms with Gasteiger partial charge < -0.3 is 5.73 Å². The molecule has 16 heavy (non-hydrogen) atoms. The van der Waals surface area contributed by atoms with Gasteiger partial charge in [-0.1, -0.05) is 18.2 Å². The highest BCUT2D eigenvalue weighted by atomic mass is 19.3. The first-order valence-corrected chi connectivity index (χ1v) is 5.04. The van der Waals surface area contributed by atoms with Crippen molar-refractivity contribution in [3.05, 3.63) is 42.2 Å². The van der Waals surface area contributed by atoms with Crippen LogP contribution in [0.5, 0.6) is 0 Å². The summed E-state index contributed by atoms with van der Waals surface area (Å²) < 4.78 is 24.8. The second kappa shape index (κ2) is 4.53. The standard InChI is InChI=1S/C12H12F2N2/c13-12(14)11(15)6-8-2-1-3-9-7-16-5-4-10(8)9/h1-5,7,11-12H,6,15H2. The zero-order valence-electron chi connectivity index (χ0n) is 8.61. The van der Waals surface area contributed by atoms with Gasteiger partial charge in [-0.25, -0.2) is 8.78 Å². The molecule has 2 nitrogen and oxygen atoms in total. The van der Waals surface area contributed by atoms with Gasteiger partial charge in [-0.2, -0.15) is 0 Å². The third kappa shape index (κ3) is 2.17. The number of halogens is 2. The van der Waals surface area contributed by atoms with E-state index in [4.69, 9.17) is 5.73 Å². The van der Waals surface area contributed by atoms with Crippen LogP contribution in [0.3, 0.4) is 0 Å². The predicted octanol–water partition coefficient (Wildman–Crippen LogP) is 2.37. The van der Waals surface area contributed by atoms with Crippen molar-refractivity contribution < 1.29 is 8.78 Å². The molecule has 1 heterocycles. The van der Waals surface area contributed by atoms with Crippen molar-refractivity contribution in [2.45, 2.75) is 18.9 Å². The second-order valence-corrected chi connectivity index (χ2v) is 3.72. The van der Waals surface area contributed by atoms with Gasteiger partial charge in [-0.05, 0) is 23.4 Å². The zero-order chi connectivity index (χ0) is 11.5. The minimum absolute atomic E-state index is 0.180. The van der Waals surface area contributed by atoms with Gasteiger partial charge in [-0.3, -0.25) is 4.98 Å². The Morgan fingerprint density at radius 1 is 1.25 bits per heavy atom. The van der Waals surface area contributed by atoms with E-state index in [1.165, 1.54) is 0 Å². The number of fused-ring (bicyclic) bond motifs is 1. The molecular formula is C12H12F2N2. The Morgan fingerprint density at radius 2 is 2.06 bits per heavy atom. The molecule has 0 aliphatic heterocycles. The highest BCUT2D eigenvalue weighted by Gasteiger charge is 2.16. The summed E-state index contributed by atoms with van der Waals surface area (Å²) in [4.78, 5) is 3.99.